The lowest BCUT2D eigenvalue weighted by atomic mass is 10.1. The third-order valence-electron chi connectivity index (χ3n) is 2.62. The summed E-state index contributed by atoms with van der Waals surface area (Å²) >= 11 is 8.02. The Kier molecular flexibility index (Phi) is 9.13. The number of hydrogen-bond acceptors (Lipinski definition) is 8. The van der Waals surface area contributed by atoms with Crippen LogP contribution in [0.5, 0.6) is 0 Å². The summed E-state index contributed by atoms with van der Waals surface area (Å²) in [7, 11) is -4.33. The van der Waals surface area contributed by atoms with Gasteiger partial charge in [-0.15, -0.1) is 0 Å². The summed E-state index contributed by atoms with van der Waals surface area (Å²) in [6, 6.07) is -2.69. The first-order valence-corrected chi connectivity index (χ1v) is 9.32. The first kappa shape index (κ1) is 22.5. The monoisotopic (exact) mass is 403 g/mol. The Labute approximate surface area is 147 Å². The van der Waals surface area contributed by atoms with Gasteiger partial charge in [0.1, 0.15) is 18.6 Å². The minimum atomic E-state index is -4.33. The summed E-state index contributed by atoms with van der Waals surface area (Å²) in [5.74, 6) is -5.15. The first-order chi connectivity index (χ1) is 10.9. The fourth-order valence-electron chi connectivity index (χ4n) is 1.43. The number of carbonyl (C=O) groups is 4. The summed E-state index contributed by atoms with van der Waals surface area (Å²) < 4.78 is 20.8. The van der Waals surface area contributed by atoms with E-state index in [1.54, 1.807) is 0 Å². The SMILES string of the molecule is NC(CCC(=O)NC(CS)C(=O)N(CC(=O)O)S(=O)(O)=S)C(=O)O. The number of carboxylic acid groups (broad SMARTS) is 2. The molecule has 14 heteroatoms. The van der Waals surface area contributed by atoms with Crippen molar-refractivity contribution < 1.29 is 38.2 Å². The van der Waals surface area contributed by atoms with Crippen molar-refractivity contribution in [3.05, 3.63) is 0 Å². The summed E-state index contributed by atoms with van der Waals surface area (Å²) in [5.41, 5.74) is 5.23. The number of rotatable bonds is 10. The molecule has 0 fully saturated rings. The lowest BCUT2D eigenvalue weighted by molar-refractivity contribution is -0.142. The Morgan fingerprint density at radius 1 is 1.29 bits per heavy atom. The van der Waals surface area contributed by atoms with E-state index in [4.69, 9.17) is 15.9 Å². The third-order valence-corrected chi connectivity index (χ3v) is 4.39. The van der Waals surface area contributed by atoms with Crippen LogP contribution in [0.15, 0.2) is 0 Å². The molecule has 0 aromatic rings. The molecule has 24 heavy (non-hydrogen) atoms. The predicted molar refractivity (Wildman–Crippen MR) is 88.1 cm³/mol. The van der Waals surface area contributed by atoms with E-state index >= 15 is 0 Å². The molecule has 3 atom stereocenters. The summed E-state index contributed by atoms with van der Waals surface area (Å²) in [5, 5.41) is 19.4. The van der Waals surface area contributed by atoms with Crippen LogP contribution in [0.1, 0.15) is 12.8 Å². The smallest absolute Gasteiger partial charge is 0.324 e. The second kappa shape index (κ2) is 9.73. The fraction of sp³-hybridized carbons (Fsp3) is 0.600. The molecule has 0 aromatic carbocycles. The highest BCUT2D eigenvalue weighted by atomic mass is 32.8. The molecule has 0 saturated heterocycles. The molecule has 2 amide bonds. The van der Waals surface area contributed by atoms with Gasteiger partial charge in [0.25, 0.3) is 5.91 Å². The second-order valence-electron chi connectivity index (χ2n) is 4.50. The van der Waals surface area contributed by atoms with Gasteiger partial charge in [0, 0.05) is 23.4 Å². The Hall–Kier alpha value is -1.48. The van der Waals surface area contributed by atoms with E-state index in [1.165, 1.54) is 0 Å². The van der Waals surface area contributed by atoms with E-state index in [0.717, 1.165) is 0 Å². The highest BCUT2D eigenvalue weighted by molar-refractivity contribution is 8.28. The van der Waals surface area contributed by atoms with Crippen molar-refractivity contribution in [1.29, 1.82) is 0 Å². The minimum absolute atomic E-state index is 0.0365. The Morgan fingerprint density at radius 2 is 1.83 bits per heavy atom. The number of nitrogens with two attached hydrogens (primary N) is 1. The molecular weight excluding hydrogens is 386 g/mol. The zero-order valence-electron chi connectivity index (χ0n) is 12.2. The lowest BCUT2D eigenvalue weighted by Crippen LogP contribution is -2.52. The van der Waals surface area contributed by atoms with E-state index in [9.17, 15) is 27.9 Å². The van der Waals surface area contributed by atoms with Gasteiger partial charge in [-0.3, -0.25) is 23.7 Å². The summed E-state index contributed by atoms with van der Waals surface area (Å²) in [4.78, 5) is 45.0. The zero-order chi connectivity index (χ0) is 19.1. The zero-order valence-corrected chi connectivity index (χ0v) is 14.7. The van der Waals surface area contributed by atoms with Gasteiger partial charge >= 0.3 is 11.9 Å². The molecule has 0 heterocycles. The van der Waals surface area contributed by atoms with Crippen LogP contribution < -0.4 is 11.1 Å². The standard InChI is InChI=1S/C10H17N3O8S3/c11-5(10(18)19)1-2-7(14)12-6(4-22)9(17)13(3-8(15)16)24(20,21)23/h5-6,22H,1-4,11H2,(H,12,14)(H,15,16)(H,18,19)(H,20,21,23). The molecule has 0 aromatic heterocycles. The van der Waals surface area contributed by atoms with Crippen LogP contribution in [0.4, 0.5) is 0 Å². The molecule has 0 saturated carbocycles. The second-order valence-corrected chi connectivity index (χ2v) is 7.51. The average molecular weight is 403 g/mol. The van der Waals surface area contributed by atoms with Crippen LogP contribution in [0.2, 0.25) is 0 Å². The Morgan fingerprint density at radius 3 is 2.21 bits per heavy atom. The highest BCUT2D eigenvalue weighted by Crippen LogP contribution is 2.05. The van der Waals surface area contributed by atoms with E-state index in [-0.39, 0.29) is 22.9 Å². The van der Waals surface area contributed by atoms with Crippen LogP contribution in [-0.4, -0.2) is 71.4 Å². The van der Waals surface area contributed by atoms with Crippen molar-refractivity contribution in [3.63, 3.8) is 0 Å². The van der Waals surface area contributed by atoms with Gasteiger partial charge < -0.3 is 21.3 Å². The lowest BCUT2D eigenvalue weighted by Gasteiger charge is -2.24. The van der Waals surface area contributed by atoms with Gasteiger partial charge in [0.15, 0.2) is 0 Å². The number of amides is 2. The minimum Gasteiger partial charge on any atom is -0.480 e. The normalized spacial score (nSPS) is 15.6. The topological polar surface area (TPSA) is 187 Å². The van der Waals surface area contributed by atoms with Gasteiger partial charge in [0.05, 0.1) is 0 Å². The third kappa shape index (κ3) is 7.87. The maximum atomic E-state index is 12.1. The number of nitrogens with one attached hydrogen (secondary N) is 1. The Bertz CT molecular complexity index is 608. The van der Waals surface area contributed by atoms with E-state index in [1.807, 2.05) is 0 Å². The largest absolute Gasteiger partial charge is 0.480 e. The van der Waals surface area contributed by atoms with Crippen LogP contribution in [0.25, 0.3) is 0 Å². The summed E-state index contributed by atoms with van der Waals surface area (Å²) in [6.45, 7) is -1.14. The van der Waals surface area contributed by atoms with Crippen molar-refractivity contribution in [3.8, 4) is 0 Å². The molecule has 0 spiro atoms. The van der Waals surface area contributed by atoms with Crippen molar-refractivity contribution >= 4 is 56.5 Å². The molecule has 0 rings (SSSR count). The van der Waals surface area contributed by atoms with Crippen LogP contribution in [-0.2, 0) is 39.3 Å². The summed E-state index contributed by atoms with van der Waals surface area (Å²) in [6.07, 6.45) is -0.530. The van der Waals surface area contributed by atoms with Crippen molar-refractivity contribution in [2.45, 2.75) is 24.9 Å². The molecule has 0 aliphatic heterocycles. The molecule has 3 unspecified atom stereocenters. The molecule has 0 bridgehead atoms. The van der Waals surface area contributed by atoms with Crippen LogP contribution in [0.3, 0.4) is 0 Å². The molecular formula is C10H17N3O8S3. The number of hydrogen-bond donors (Lipinski definition) is 6. The number of aliphatic carboxylic acids is 2. The first-order valence-electron chi connectivity index (χ1n) is 6.29. The number of carbonyl (C=O) groups excluding carboxylic acids is 2. The highest BCUT2D eigenvalue weighted by Gasteiger charge is 2.31. The maximum Gasteiger partial charge on any atom is 0.324 e. The van der Waals surface area contributed by atoms with Crippen molar-refractivity contribution in [2.24, 2.45) is 5.73 Å². The molecule has 0 aliphatic rings. The average Bonchev–Trinajstić information content (AvgIpc) is 2.45. The molecule has 11 nitrogen and oxygen atoms in total. The van der Waals surface area contributed by atoms with Crippen molar-refractivity contribution in [1.82, 2.24) is 9.62 Å². The van der Waals surface area contributed by atoms with Gasteiger partial charge in [-0.2, -0.15) is 12.6 Å². The van der Waals surface area contributed by atoms with E-state index in [2.05, 4.69) is 29.1 Å². The van der Waals surface area contributed by atoms with Gasteiger partial charge in [0.2, 0.25) is 14.9 Å². The van der Waals surface area contributed by atoms with E-state index in [0.29, 0.717) is 0 Å². The molecule has 6 N–H and O–H groups in total. The molecule has 138 valence electrons. The van der Waals surface area contributed by atoms with Gasteiger partial charge in [-0.25, -0.2) is 8.51 Å². The molecule has 0 aliphatic carbocycles. The fourth-order valence-corrected chi connectivity index (χ4v) is 2.69. The van der Waals surface area contributed by atoms with Crippen LogP contribution in [0, 0.1) is 0 Å². The quantitative estimate of drug-likeness (QED) is 0.215. The van der Waals surface area contributed by atoms with Crippen LogP contribution >= 0.6 is 12.6 Å². The van der Waals surface area contributed by atoms with Crippen molar-refractivity contribution in [2.75, 3.05) is 12.3 Å². The molecule has 0 radical (unpaired) electrons. The van der Waals surface area contributed by atoms with Gasteiger partial charge in [-0.1, -0.05) is 0 Å². The maximum absolute atomic E-state index is 12.1. The number of carboxylic acids is 2. The number of thiol groups is 1. The van der Waals surface area contributed by atoms with Gasteiger partial charge in [-0.05, 0) is 6.42 Å². The van der Waals surface area contributed by atoms with E-state index < -0.39 is 51.3 Å². The Balaban J connectivity index is 4.98. The predicted octanol–water partition coefficient (Wildman–Crippen LogP) is -2.36. The number of nitrogens with zero attached hydrogens (tertiary/aromatic N) is 1.